The lowest BCUT2D eigenvalue weighted by atomic mass is 9.99. The Bertz CT molecular complexity index is 661. The Morgan fingerprint density at radius 3 is 2.77 bits per heavy atom. The molecular formula is C17H21N3O2. The maximum absolute atomic E-state index is 12.1. The van der Waals surface area contributed by atoms with Crippen molar-refractivity contribution in [2.75, 3.05) is 6.61 Å². The third kappa shape index (κ3) is 3.04. The van der Waals surface area contributed by atoms with E-state index < -0.39 is 5.54 Å². The highest BCUT2D eigenvalue weighted by Crippen LogP contribution is 2.28. The van der Waals surface area contributed by atoms with Gasteiger partial charge in [0, 0.05) is 18.1 Å². The van der Waals surface area contributed by atoms with Gasteiger partial charge in [0.25, 0.3) is 0 Å². The van der Waals surface area contributed by atoms with Crippen LogP contribution in [0.15, 0.2) is 36.5 Å². The fourth-order valence-electron chi connectivity index (χ4n) is 3.15. The van der Waals surface area contributed by atoms with Gasteiger partial charge in [-0.3, -0.25) is 4.98 Å². The van der Waals surface area contributed by atoms with Crippen LogP contribution in [0.3, 0.4) is 0 Å². The zero-order valence-electron chi connectivity index (χ0n) is 12.5. The number of carbonyl (C=O) groups excluding carboxylic acids is 1. The van der Waals surface area contributed by atoms with Gasteiger partial charge in [-0.15, -0.1) is 0 Å². The Morgan fingerprint density at radius 1 is 1.23 bits per heavy atom. The van der Waals surface area contributed by atoms with Crippen molar-refractivity contribution in [3.63, 3.8) is 0 Å². The van der Waals surface area contributed by atoms with Gasteiger partial charge in [-0.25, -0.2) is 4.79 Å². The van der Waals surface area contributed by atoms with Crippen LogP contribution in [0.1, 0.15) is 31.2 Å². The van der Waals surface area contributed by atoms with Crippen LogP contribution in [0.4, 0.5) is 4.79 Å². The highest BCUT2D eigenvalue weighted by Gasteiger charge is 2.34. The molecule has 1 aromatic heterocycles. The lowest BCUT2D eigenvalue weighted by Gasteiger charge is -2.28. The van der Waals surface area contributed by atoms with Crippen LogP contribution in [-0.2, 0) is 6.54 Å². The maximum Gasteiger partial charge on any atom is 0.315 e. The summed E-state index contributed by atoms with van der Waals surface area (Å²) < 4.78 is 0. The highest BCUT2D eigenvalue weighted by molar-refractivity contribution is 5.82. The molecule has 1 aromatic carbocycles. The van der Waals surface area contributed by atoms with Gasteiger partial charge in [0.05, 0.1) is 17.7 Å². The second kappa shape index (κ2) is 6.32. The van der Waals surface area contributed by atoms with Gasteiger partial charge in [-0.2, -0.15) is 0 Å². The average Bonchev–Trinajstić information content (AvgIpc) is 3.02. The topological polar surface area (TPSA) is 74.2 Å². The van der Waals surface area contributed by atoms with Gasteiger partial charge in [0.1, 0.15) is 0 Å². The molecule has 2 aromatic rings. The van der Waals surface area contributed by atoms with Gasteiger partial charge >= 0.3 is 6.03 Å². The number of fused-ring (bicyclic) bond motifs is 1. The molecule has 0 radical (unpaired) electrons. The van der Waals surface area contributed by atoms with Crippen molar-refractivity contribution in [1.82, 2.24) is 15.6 Å². The summed E-state index contributed by atoms with van der Waals surface area (Å²) in [5.41, 5.74) is 1.45. The number of amides is 2. The Labute approximate surface area is 129 Å². The fraction of sp³-hybridized carbons (Fsp3) is 0.412. The van der Waals surface area contributed by atoms with Gasteiger partial charge in [0.15, 0.2) is 0 Å². The third-order valence-corrected chi connectivity index (χ3v) is 4.40. The Balaban J connectivity index is 1.65. The van der Waals surface area contributed by atoms with E-state index in [-0.39, 0.29) is 12.6 Å². The quantitative estimate of drug-likeness (QED) is 0.811. The molecule has 3 N–H and O–H groups in total. The van der Waals surface area contributed by atoms with Crippen molar-refractivity contribution < 1.29 is 9.90 Å². The van der Waals surface area contributed by atoms with Crippen molar-refractivity contribution in [2.45, 2.75) is 37.8 Å². The number of aromatic nitrogens is 1. The summed E-state index contributed by atoms with van der Waals surface area (Å²) >= 11 is 0. The molecule has 0 atom stereocenters. The van der Waals surface area contributed by atoms with E-state index in [4.69, 9.17) is 0 Å². The molecule has 0 bridgehead atoms. The van der Waals surface area contributed by atoms with Crippen LogP contribution in [0.25, 0.3) is 10.9 Å². The molecule has 0 unspecified atom stereocenters. The number of aliphatic hydroxyl groups excluding tert-OH is 1. The number of hydrogen-bond acceptors (Lipinski definition) is 3. The molecule has 0 saturated heterocycles. The molecule has 3 rings (SSSR count). The normalized spacial score (nSPS) is 16.6. The molecule has 1 heterocycles. The number of carbonyl (C=O) groups is 1. The molecule has 2 amide bonds. The minimum atomic E-state index is -0.443. The molecule has 0 spiro atoms. The van der Waals surface area contributed by atoms with Crippen LogP contribution in [-0.4, -0.2) is 28.3 Å². The van der Waals surface area contributed by atoms with Gasteiger partial charge in [0.2, 0.25) is 0 Å². The number of nitrogens with one attached hydrogen (secondary N) is 2. The van der Waals surface area contributed by atoms with Gasteiger partial charge in [-0.1, -0.05) is 37.1 Å². The molecule has 1 saturated carbocycles. The number of benzene rings is 1. The summed E-state index contributed by atoms with van der Waals surface area (Å²) in [4.78, 5) is 16.5. The number of pyridine rings is 1. The summed E-state index contributed by atoms with van der Waals surface area (Å²) in [6.07, 6.45) is 5.53. The number of rotatable bonds is 4. The van der Waals surface area contributed by atoms with E-state index >= 15 is 0 Å². The van der Waals surface area contributed by atoms with E-state index in [0.29, 0.717) is 6.54 Å². The van der Waals surface area contributed by atoms with E-state index in [9.17, 15) is 9.90 Å². The fourth-order valence-corrected chi connectivity index (χ4v) is 3.15. The van der Waals surface area contributed by atoms with E-state index in [1.807, 2.05) is 30.3 Å². The second-order valence-electron chi connectivity index (χ2n) is 5.95. The van der Waals surface area contributed by atoms with Gasteiger partial charge < -0.3 is 15.7 Å². The lowest BCUT2D eigenvalue weighted by Crippen LogP contribution is -2.52. The summed E-state index contributed by atoms with van der Waals surface area (Å²) in [7, 11) is 0. The van der Waals surface area contributed by atoms with Crippen molar-refractivity contribution in [3.05, 3.63) is 42.1 Å². The SMILES string of the molecule is O=C(NCc1cccc2cccnc12)NC1(CO)CCCC1. The number of urea groups is 1. The molecule has 1 fully saturated rings. The number of nitrogens with zero attached hydrogens (tertiary/aromatic N) is 1. The first-order chi connectivity index (χ1) is 10.7. The minimum absolute atomic E-state index is 0.00373. The van der Waals surface area contributed by atoms with E-state index in [2.05, 4.69) is 15.6 Å². The lowest BCUT2D eigenvalue weighted by molar-refractivity contribution is 0.163. The maximum atomic E-state index is 12.1. The largest absolute Gasteiger partial charge is 0.394 e. The molecule has 22 heavy (non-hydrogen) atoms. The van der Waals surface area contributed by atoms with E-state index in [0.717, 1.165) is 42.1 Å². The molecular weight excluding hydrogens is 278 g/mol. The van der Waals surface area contributed by atoms with Gasteiger partial charge in [-0.05, 0) is 24.5 Å². The first kappa shape index (κ1) is 14.8. The third-order valence-electron chi connectivity index (χ3n) is 4.40. The smallest absolute Gasteiger partial charge is 0.315 e. The molecule has 5 heteroatoms. The first-order valence-electron chi connectivity index (χ1n) is 7.72. The Kier molecular flexibility index (Phi) is 4.24. The number of para-hydroxylation sites is 1. The predicted octanol–water partition coefficient (Wildman–Crippen LogP) is 2.34. The van der Waals surface area contributed by atoms with Crippen LogP contribution < -0.4 is 10.6 Å². The molecule has 116 valence electrons. The Hall–Kier alpha value is -2.14. The standard InChI is InChI=1S/C17H21N3O2/c21-12-17(8-1-2-9-17)20-16(22)19-11-14-6-3-5-13-7-4-10-18-15(13)14/h3-7,10,21H,1-2,8-9,11-12H2,(H2,19,20,22). The van der Waals surface area contributed by atoms with Crippen molar-refractivity contribution in [1.29, 1.82) is 0 Å². The zero-order valence-corrected chi connectivity index (χ0v) is 12.5. The summed E-state index contributed by atoms with van der Waals surface area (Å²) in [6.45, 7) is 0.415. The minimum Gasteiger partial charge on any atom is -0.394 e. The Morgan fingerprint density at radius 2 is 2.00 bits per heavy atom. The second-order valence-corrected chi connectivity index (χ2v) is 5.95. The molecule has 5 nitrogen and oxygen atoms in total. The summed E-state index contributed by atoms with van der Waals surface area (Å²) in [6, 6.07) is 9.61. The average molecular weight is 299 g/mol. The predicted molar refractivity (Wildman–Crippen MR) is 85.4 cm³/mol. The number of aliphatic hydroxyl groups is 1. The van der Waals surface area contributed by atoms with Crippen LogP contribution in [0.5, 0.6) is 0 Å². The summed E-state index contributed by atoms with van der Waals surface area (Å²) in [5.74, 6) is 0. The van der Waals surface area contributed by atoms with E-state index in [1.54, 1.807) is 6.20 Å². The van der Waals surface area contributed by atoms with Crippen molar-refractivity contribution in [3.8, 4) is 0 Å². The number of hydrogen-bond donors (Lipinski definition) is 3. The van der Waals surface area contributed by atoms with Crippen molar-refractivity contribution in [2.24, 2.45) is 0 Å². The van der Waals surface area contributed by atoms with Crippen molar-refractivity contribution >= 4 is 16.9 Å². The molecule has 0 aliphatic heterocycles. The van der Waals surface area contributed by atoms with Crippen LogP contribution in [0.2, 0.25) is 0 Å². The molecule has 1 aliphatic rings. The van der Waals surface area contributed by atoms with Crippen LogP contribution in [0, 0.1) is 0 Å². The summed E-state index contributed by atoms with van der Waals surface area (Å²) in [5, 5.41) is 16.4. The van der Waals surface area contributed by atoms with Crippen LogP contribution >= 0.6 is 0 Å². The first-order valence-corrected chi connectivity index (χ1v) is 7.72. The monoisotopic (exact) mass is 299 g/mol. The highest BCUT2D eigenvalue weighted by atomic mass is 16.3. The molecule has 1 aliphatic carbocycles. The van der Waals surface area contributed by atoms with E-state index in [1.165, 1.54) is 0 Å². The zero-order chi connectivity index (χ0) is 15.4.